The molecule has 0 saturated carbocycles. The zero-order valence-corrected chi connectivity index (χ0v) is 12.5. The van der Waals surface area contributed by atoms with Crippen LogP contribution < -0.4 is 10.6 Å². The number of nitrogens with zero attached hydrogens (tertiary/aromatic N) is 1. The predicted molar refractivity (Wildman–Crippen MR) is 81.2 cm³/mol. The standard InChI is InChI=1S/C16H22N2O3/c1-10(2)13(9-17)15(19)18-8-7-12(16(20)21)11-5-3-4-6-14(11)18/h3-6,10,12-13H,7-9,17H2,1-2H3,(H,20,21). The summed E-state index contributed by atoms with van der Waals surface area (Å²) >= 11 is 0. The summed E-state index contributed by atoms with van der Waals surface area (Å²) in [6, 6.07) is 7.25. The van der Waals surface area contributed by atoms with Crippen LogP contribution in [0.3, 0.4) is 0 Å². The first-order valence-electron chi connectivity index (χ1n) is 7.30. The van der Waals surface area contributed by atoms with Crippen LogP contribution in [0.4, 0.5) is 5.69 Å². The smallest absolute Gasteiger partial charge is 0.311 e. The lowest BCUT2D eigenvalue weighted by atomic mass is 9.87. The van der Waals surface area contributed by atoms with Crippen LogP contribution in [-0.4, -0.2) is 30.1 Å². The average molecular weight is 290 g/mol. The van der Waals surface area contributed by atoms with Gasteiger partial charge in [-0.05, 0) is 24.0 Å². The van der Waals surface area contributed by atoms with Crippen molar-refractivity contribution < 1.29 is 14.7 Å². The summed E-state index contributed by atoms with van der Waals surface area (Å²) in [7, 11) is 0. The molecule has 1 aliphatic heterocycles. The number of hydrogen-bond donors (Lipinski definition) is 2. The molecule has 2 atom stereocenters. The summed E-state index contributed by atoms with van der Waals surface area (Å²) in [5, 5.41) is 9.33. The second kappa shape index (κ2) is 6.26. The molecule has 0 bridgehead atoms. The molecule has 0 aliphatic carbocycles. The SMILES string of the molecule is CC(C)C(CN)C(=O)N1CCC(C(=O)O)c2ccccc21. The van der Waals surface area contributed by atoms with E-state index >= 15 is 0 Å². The van der Waals surface area contributed by atoms with E-state index in [4.69, 9.17) is 5.73 Å². The van der Waals surface area contributed by atoms with Gasteiger partial charge in [-0.2, -0.15) is 0 Å². The Labute approximate surface area is 124 Å². The monoisotopic (exact) mass is 290 g/mol. The number of amides is 1. The molecular weight excluding hydrogens is 268 g/mol. The first kappa shape index (κ1) is 15.5. The van der Waals surface area contributed by atoms with Crippen molar-refractivity contribution in [3.8, 4) is 0 Å². The maximum atomic E-state index is 12.7. The fourth-order valence-corrected chi connectivity index (χ4v) is 2.91. The number of carboxylic acids is 1. The molecule has 1 aliphatic rings. The summed E-state index contributed by atoms with van der Waals surface area (Å²) < 4.78 is 0. The number of anilines is 1. The Balaban J connectivity index is 2.37. The van der Waals surface area contributed by atoms with Gasteiger partial charge in [-0.1, -0.05) is 32.0 Å². The third kappa shape index (κ3) is 2.93. The van der Waals surface area contributed by atoms with Gasteiger partial charge in [0.1, 0.15) is 0 Å². The van der Waals surface area contributed by atoms with Crippen LogP contribution in [-0.2, 0) is 9.59 Å². The zero-order chi connectivity index (χ0) is 15.6. The van der Waals surface area contributed by atoms with Crippen LogP contribution in [0.5, 0.6) is 0 Å². The lowest BCUT2D eigenvalue weighted by molar-refractivity contribution is -0.139. The predicted octanol–water partition coefficient (Wildman–Crippen LogP) is 1.82. The van der Waals surface area contributed by atoms with Crippen molar-refractivity contribution in [1.82, 2.24) is 0 Å². The molecule has 2 unspecified atom stereocenters. The van der Waals surface area contributed by atoms with E-state index in [1.165, 1.54) is 0 Å². The van der Waals surface area contributed by atoms with Gasteiger partial charge in [-0.25, -0.2) is 0 Å². The molecular formula is C16H22N2O3. The molecule has 114 valence electrons. The van der Waals surface area contributed by atoms with E-state index in [0.29, 0.717) is 30.8 Å². The number of benzene rings is 1. The molecule has 1 aromatic rings. The number of para-hydroxylation sites is 1. The number of carbonyl (C=O) groups excluding carboxylic acids is 1. The van der Waals surface area contributed by atoms with Crippen molar-refractivity contribution in [1.29, 1.82) is 0 Å². The van der Waals surface area contributed by atoms with E-state index in [1.807, 2.05) is 32.0 Å². The van der Waals surface area contributed by atoms with Gasteiger partial charge in [0.2, 0.25) is 5.91 Å². The summed E-state index contributed by atoms with van der Waals surface area (Å²) in [6.45, 7) is 4.68. The van der Waals surface area contributed by atoms with Gasteiger partial charge in [0.15, 0.2) is 0 Å². The molecule has 0 spiro atoms. The minimum atomic E-state index is -0.839. The molecule has 3 N–H and O–H groups in total. The van der Waals surface area contributed by atoms with Crippen LogP contribution in [0.25, 0.3) is 0 Å². The molecule has 21 heavy (non-hydrogen) atoms. The normalized spacial score (nSPS) is 19.2. The van der Waals surface area contributed by atoms with Gasteiger partial charge >= 0.3 is 5.97 Å². The molecule has 5 nitrogen and oxygen atoms in total. The highest BCUT2D eigenvalue weighted by atomic mass is 16.4. The Bertz CT molecular complexity index is 542. The molecule has 0 saturated heterocycles. The minimum absolute atomic E-state index is 0.0104. The fraction of sp³-hybridized carbons (Fsp3) is 0.500. The number of rotatable bonds is 4. The third-order valence-electron chi connectivity index (χ3n) is 4.18. The second-order valence-corrected chi connectivity index (χ2v) is 5.81. The first-order chi connectivity index (χ1) is 9.97. The molecule has 2 rings (SSSR count). The van der Waals surface area contributed by atoms with E-state index in [0.717, 1.165) is 0 Å². The first-order valence-corrected chi connectivity index (χ1v) is 7.30. The summed E-state index contributed by atoms with van der Waals surface area (Å²) in [6.07, 6.45) is 0.438. The van der Waals surface area contributed by atoms with Crippen molar-refractivity contribution in [2.75, 3.05) is 18.0 Å². The Morgan fingerprint density at radius 2 is 2.05 bits per heavy atom. The van der Waals surface area contributed by atoms with E-state index in [1.54, 1.807) is 11.0 Å². The molecule has 0 aromatic heterocycles. The van der Waals surface area contributed by atoms with Crippen LogP contribution >= 0.6 is 0 Å². The van der Waals surface area contributed by atoms with Crippen molar-refractivity contribution in [3.63, 3.8) is 0 Å². The lowest BCUT2D eigenvalue weighted by Crippen LogP contribution is -2.45. The number of hydrogen-bond acceptors (Lipinski definition) is 3. The summed E-state index contributed by atoms with van der Waals surface area (Å²) in [4.78, 5) is 25.8. The van der Waals surface area contributed by atoms with Crippen LogP contribution in [0.1, 0.15) is 31.7 Å². The largest absolute Gasteiger partial charge is 0.481 e. The minimum Gasteiger partial charge on any atom is -0.481 e. The van der Waals surface area contributed by atoms with Gasteiger partial charge in [-0.3, -0.25) is 9.59 Å². The number of carboxylic acid groups (broad SMARTS) is 1. The third-order valence-corrected chi connectivity index (χ3v) is 4.18. The Kier molecular flexibility index (Phi) is 4.63. The molecule has 0 radical (unpaired) electrons. The van der Waals surface area contributed by atoms with Gasteiger partial charge in [-0.15, -0.1) is 0 Å². The van der Waals surface area contributed by atoms with E-state index in [2.05, 4.69) is 0 Å². The molecule has 1 aromatic carbocycles. The van der Waals surface area contributed by atoms with Gasteiger partial charge in [0.05, 0.1) is 11.8 Å². The number of aliphatic carboxylic acids is 1. The molecule has 1 amide bonds. The fourth-order valence-electron chi connectivity index (χ4n) is 2.91. The van der Waals surface area contributed by atoms with E-state index < -0.39 is 11.9 Å². The topological polar surface area (TPSA) is 83.6 Å². The Hall–Kier alpha value is -1.88. The summed E-state index contributed by atoms with van der Waals surface area (Å²) in [5.41, 5.74) is 7.16. The van der Waals surface area contributed by atoms with Crippen LogP contribution in [0, 0.1) is 11.8 Å². The highest BCUT2D eigenvalue weighted by Gasteiger charge is 2.35. The summed E-state index contributed by atoms with van der Waals surface area (Å²) in [5.74, 6) is -1.47. The lowest BCUT2D eigenvalue weighted by Gasteiger charge is -2.35. The Morgan fingerprint density at radius 3 is 2.62 bits per heavy atom. The molecule has 5 heteroatoms. The molecule has 0 fully saturated rings. The zero-order valence-electron chi connectivity index (χ0n) is 12.5. The number of carbonyl (C=O) groups is 2. The maximum absolute atomic E-state index is 12.7. The van der Waals surface area contributed by atoms with Gasteiger partial charge in [0.25, 0.3) is 0 Å². The average Bonchev–Trinajstić information content (AvgIpc) is 2.46. The molecule has 1 heterocycles. The van der Waals surface area contributed by atoms with Crippen molar-refractivity contribution in [3.05, 3.63) is 29.8 Å². The van der Waals surface area contributed by atoms with Crippen molar-refractivity contribution in [2.45, 2.75) is 26.2 Å². The highest BCUT2D eigenvalue weighted by molar-refractivity contribution is 5.98. The quantitative estimate of drug-likeness (QED) is 0.886. The van der Waals surface area contributed by atoms with E-state index in [-0.39, 0.29) is 17.7 Å². The van der Waals surface area contributed by atoms with Crippen LogP contribution in [0.2, 0.25) is 0 Å². The van der Waals surface area contributed by atoms with Crippen molar-refractivity contribution in [2.24, 2.45) is 17.6 Å². The van der Waals surface area contributed by atoms with E-state index in [9.17, 15) is 14.7 Å². The highest BCUT2D eigenvalue weighted by Crippen LogP contribution is 2.36. The Morgan fingerprint density at radius 1 is 1.38 bits per heavy atom. The number of fused-ring (bicyclic) bond motifs is 1. The number of nitrogens with two attached hydrogens (primary N) is 1. The van der Waals surface area contributed by atoms with Gasteiger partial charge in [0, 0.05) is 18.8 Å². The second-order valence-electron chi connectivity index (χ2n) is 5.81. The maximum Gasteiger partial charge on any atom is 0.311 e. The van der Waals surface area contributed by atoms with Gasteiger partial charge < -0.3 is 15.7 Å². The van der Waals surface area contributed by atoms with Crippen molar-refractivity contribution >= 4 is 17.6 Å². The van der Waals surface area contributed by atoms with Crippen LogP contribution in [0.15, 0.2) is 24.3 Å².